The van der Waals surface area contributed by atoms with Gasteiger partial charge < -0.3 is 10.1 Å². The van der Waals surface area contributed by atoms with Gasteiger partial charge in [0.2, 0.25) is 5.91 Å². The minimum atomic E-state index is -0.640. The summed E-state index contributed by atoms with van der Waals surface area (Å²) in [6, 6.07) is 22.5. The fraction of sp³-hybridized carbons (Fsp3) is 0.308. The number of aromatic nitrogens is 1. The van der Waals surface area contributed by atoms with Crippen molar-refractivity contribution in [2.45, 2.75) is 24.8 Å². The van der Waals surface area contributed by atoms with Gasteiger partial charge in [0.15, 0.2) is 0 Å². The maximum Gasteiger partial charge on any atom is 0.233 e. The Morgan fingerprint density at radius 2 is 1.90 bits per heavy atom. The van der Waals surface area contributed by atoms with Crippen molar-refractivity contribution in [1.82, 2.24) is 15.2 Å². The van der Waals surface area contributed by atoms with Gasteiger partial charge >= 0.3 is 0 Å². The molecule has 1 aliphatic rings. The Bertz CT molecular complexity index is 1020. The highest BCUT2D eigenvalue weighted by atomic mass is 16.5. The third-order valence-electron chi connectivity index (χ3n) is 6.17. The summed E-state index contributed by atoms with van der Waals surface area (Å²) >= 11 is 0. The summed E-state index contributed by atoms with van der Waals surface area (Å²) in [4.78, 5) is 20.0. The number of hydrogen-bond donors (Lipinski definition) is 1. The molecule has 2 aromatic carbocycles. The maximum absolute atomic E-state index is 13.0. The van der Waals surface area contributed by atoms with E-state index in [1.165, 1.54) is 5.56 Å². The molecule has 5 heteroatoms. The lowest BCUT2D eigenvalue weighted by atomic mass is 9.75. The molecule has 0 aliphatic carbocycles. The Kier molecular flexibility index (Phi) is 6.33. The van der Waals surface area contributed by atoms with Gasteiger partial charge in [-0.05, 0) is 54.8 Å². The first-order valence-electron chi connectivity index (χ1n) is 10.7. The number of ether oxygens (including phenoxy) is 1. The Morgan fingerprint density at radius 3 is 2.61 bits per heavy atom. The number of likely N-dealkylation sites (N-methyl/N-ethyl adjacent to an activating group) is 1. The van der Waals surface area contributed by atoms with Crippen LogP contribution in [-0.4, -0.2) is 43.0 Å². The Morgan fingerprint density at radius 1 is 1.10 bits per heavy atom. The van der Waals surface area contributed by atoms with E-state index in [0.29, 0.717) is 6.54 Å². The van der Waals surface area contributed by atoms with Gasteiger partial charge in [-0.2, -0.15) is 0 Å². The number of likely N-dealkylation sites (tertiary alicyclic amines) is 1. The second-order valence-corrected chi connectivity index (χ2v) is 8.08. The third kappa shape index (κ3) is 4.32. The number of amides is 1. The summed E-state index contributed by atoms with van der Waals surface area (Å²) in [6.07, 6.45) is 3.50. The lowest BCUT2D eigenvalue weighted by molar-refractivity contribution is -0.128. The molecule has 31 heavy (non-hydrogen) atoms. The molecule has 1 aliphatic heterocycles. The van der Waals surface area contributed by atoms with E-state index < -0.39 is 5.41 Å². The number of rotatable bonds is 6. The van der Waals surface area contributed by atoms with Crippen LogP contribution in [0.15, 0.2) is 72.9 Å². The highest BCUT2D eigenvalue weighted by Gasteiger charge is 2.44. The normalized spacial score (nSPS) is 19.0. The molecule has 0 radical (unpaired) electrons. The molecule has 160 valence electrons. The van der Waals surface area contributed by atoms with Gasteiger partial charge in [0, 0.05) is 31.9 Å². The molecule has 1 N–H and O–H groups in total. The molecular weight excluding hydrogens is 386 g/mol. The highest BCUT2D eigenvalue weighted by Crippen LogP contribution is 2.35. The van der Waals surface area contributed by atoms with Crippen LogP contribution in [0, 0.1) is 0 Å². The van der Waals surface area contributed by atoms with Crippen molar-refractivity contribution in [2.75, 3.05) is 27.2 Å². The molecule has 0 bridgehead atoms. The maximum atomic E-state index is 13.0. The molecule has 1 unspecified atom stereocenters. The van der Waals surface area contributed by atoms with Crippen molar-refractivity contribution >= 4 is 5.91 Å². The Labute approximate surface area is 184 Å². The standard InChI is InChI=1S/C26H29N3O2/c1-27-25(30)26(24-11-6-7-15-28-24)14-8-16-29(19-26)18-22-17-21(12-13-23(22)31-2)20-9-4-3-5-10-20/h3-7,9-13,15,17H,8,14,16,18-19H2,1-2H3,(H,27,30). The summed E-state index contributed by atoms with van der Waals surface area (Å²) in [6.45, 7) is 2.28. The zero-order chi connectivity index (χ0) is 21.7. The van der Waals surface area contributed by atoms with E-state index in [2.05, 4.69) is 51.6 Å². The molecule has 1 atom stereocenters. The molecule has 1 amide bonds. The van der Waals surface area contributed by atoms with E-state index in [1.807, 2.05) is 30.3 Å². The average Bonchev–Trinajstić information content (AvgIpc) is 2.84. The highest BCUT2D eigenvalue weighted by molar-refractivity contribution is 5.88. The van der Waals surface area contributed by atoms with Crippen LogP contribution in [0.4, 0.5) is 0 Å². The van der Waals surface area contributed by atoms with Gasteiger partial charge in [0.05, 0.1) is 12.8 Å². The van der Waals surface area contributed by atoms with Gasteiger partial charge in [-0.1, -0.05) is 42.5 Å². The van der Waals surface area contributed by atoms with E-state index in [9.17, 15) is 4.79 Å². The number of piperidine rings is 1. The number of carbonyl (C=O) groups is 1. The monoisotopic (exact) mass is 415 g/mol. The van der Waals surface area contributed by atoms with Crippen LogP contribution in [0.1, 0.15) is 24.1 Å². The first-order chi connectivity index (χ1) is 15.2. The van der Waals surface area contributed by atoms with Gasteiger partial charge in [-0.25, -0.2) is 0 Å². The van der Waals surface area contributed by atoms with Crippen LogP contribution in [0.5, 0.6) is 5.75 Å². The van der Waals surface area contributed by atoms with Crippen molar-refractivity contribution in [3.63, 3.8) is 0 Å². The lowest BCUT2D eigenvalue weighted by Crippen LogP contribution is -2.54. The van der Waals surface area contributed by atoms with Crippen LogP contribution in [0.3, 0.4) is 0 Å². The molecular formula is C26H29N3O2. The largest absolute Gasteiger partial charge is 0.496 e. The van der Waals surface area contributed by atoms with Crippen LogP contribution < -0.4 is 10.1 Å². The summed E-state index contributed by atoms with van der Waals surface area (Å²) in [7, 11) is 3.41. The third-order valence-corrected chi connectivity index (χ3v) is 6.17. The molecule has 4 rings (SSSR count). The second-order valence-electron chi connectivity index (χ2n) is 8.08. The Hall–Kier alpha value is -3.18. The minimum Gasteiger partial charge on any atom is -0.496 e. The second kappa shape index (κ2) is 9.31. The van der Waals surface area contributed by atoms with Crippen molar-refractivity contribution < 1.29 is 9.53 Å². The predicted octanol–water partition coefficient (Wildman–Crippen LogP) is 4.04. The van der Waals surface area contributed by atoms with Crippen molar-refractivity contribution in [1.29, 1.82) is 0 Å². The van der Waals surface area contributed by atoms with E-state index >= 15 is 0 Å². The molecule has 1 fully saturated rings. The fourth-order valence-corrected chi connectivity index (χ4v) is 4.63. The van der Waals surface area contributed by atoms with Gasteiger partial charge in [-0.15, -0.1) is 0 Å². The number of pyridine rings is 1. The van der Waals surface area contributed by atoms with Crippen molar-refractivity contribution in [2.24, 2.45) is 0 Å². The molecule has 0 spiro atoms. The average molecular weight is 416 g/mol. The summed E-state index contributed by atoms with van der Waals surface area (Å²) in [5.41, 5.74) is 3.66. The lowest BCUT2D eigenvalue weighted by Gasteiger charge is -2.41. The van der Waals surface area contributed by atoms with Crippen molar-refractivity contribution in [3.8, 4) is 16.9 Å². The predicted molar refractivity (Wildman–Crippen MR) is 123 cm³/mol. The topological polar surface area (TPSA) is 54.5 Å². The summed E-state index contributed by atoms with van der Waals surface area (Å²) in [5.74, 6) is 0.898. The molecule has 2 heterocycles. The summed E-state index contributed by atoms with van der Waals surface area (Å²) in [5, 5.41) is 2.88. The summed E-state index contributed by atoms with van der Waals surface area (Å²) < 4.78 is 5.66. The van der Waals surface area contributed by atoms with Crippen LogP contribution >= 0.6 is 0 Å². The fourth-order valence-electron chi connectivity index (χ4n) is 4.63. The van der Waals surface area contributed by atoms with E-state index in [4.69, 9.17) is 4.74 Å². The number of benzene rings is 2. The van der Waals surface area contributed by atoms with E-state index in [-0.39, 0.29) is 5.91 Å². The smallest absolute Gasteiger partial charge is 0.233 e. The van der Waals surface area contributed by atoms with E-state index in [0.717, 1.165) is 48.5 Å². The zero-order valence-corrected chi connectivity index (χ0v) is 18.2. The SMILES string of the molecule is CNC(=O)C1(c2ccccn2)CCCN(Cc2cc(-c3ccccc3)ccc2OC)C1. The first kappa shape index (κ1) is 21.1. The Balaban J connectivity index is 1.64. The van der Waals surface area contributed by atoms with Crippen LogP contribution in [0.2, 0.25) is 0 Å². The zero-order valence-electron chi connectivity index (χ0n) is 18.2. The number of nitrogens with one attached hydrogen (secondary N) is 1. The van der Waals surface area contributed by atoms with Gasteiger partial charge in [0.1, 0.15) is 11.2 Å². The van der Waals surface area contributed by atoms with Gasteiger partial charge in [0.25, 0.3) is 0 Å². The molecule has 0 saturated carbocycles. The molecule has 1 aromatic heterocycles. The van der Waals surface area contributed by atoms with Crippen molar-refractivity contribution in [3.05, 3.63) is 84.2 Å². The minimum absolute atomic E-state index is 0.0286. The number of carbonyl (C=O) groups excluding carboxylic acids is 1. The first-order valence-corrected chi connectivity index (χ1v) is 10.7. The van der Waals surface area contributed by atoms with Crippen LogP contribution in [-0.2, 0) is 16.8 Å². The van der Waals surface area contributed by atoms with E-state index in [1.54, 1.807) is 20.4 Å². The molecule has 5 nitrogen and oxygen atoms in total. The van der Waals surface area contributed by atoms with Crippen LogP contribution in [0.25, 0.3) is 11.1 Å². The quantitative estimate of drug-likeness (QED) is 0.660. The number of methoxy groups -OCH3 is 1. The molecule has 1 saturated heterocycles. The van der Waals surface area contributed by atoms with Gasteiger partial charge in [-0.3, -0.25) is 14.7 Å². The molecule has 3 aromatic rings. The number of nitrogens with zero attached hydrogens (tertiary/aromatic N) is 2. The number of hydrogen-bond acceptors (Lipinski definition) is 4.